The average molecular weight is 224 g/mol. The molecule has 2 bridgehead atoms. The Balaban J connectivity index is 1.90. The Bertz CT molecular complexity index is 497. The summed E-state index contributed by atoms with van der Waals surface area (Å²) >= 11 is 0. The van der Waals surface area contributed by atoms with Gasteiger partial charge in [-0.25, -0.2) is 0 Å². The van der Waals surface area contributed by atoms with Gasteiger partial charge in [-0.05, 0) is 62.0 Å². The van der Waals surface area contributed by atoms with Gasteiger partial charge in [0.15, 0.2) is 0 Å². The van der Waals surface area contributed by atoms with Crippen LogP contribution in [0.3, 0.4) is 0 Å². The van der Waals surface area contributed by atoms with Crippen LogP contribution < -0.4 is 0 Å². The van der Waals surface area contributed by atoms with E-state index in [2.05, 4.69) is 37.3 Å². The summed E-state index contributed by atoms with van der Waals surface area (Å²) in [6, 6.07) is 7.17. The second-order valence-corrected chi connectivity index (χ2v) is 6.36. The van der Waals surface area contributed by atoms with Gasteiger partial charge in [0, 0.05) is 5.41 Å². The van der Waals surface area contributed by atoms with Gasteiger partial charge in [0.05, 0.1) is 0 Å². The number of rotatable bonds is 0. The summed E-state index contributed by atoms with van der Waals surface area (Å²) in [4.78, 5) is 0. The number of hydrogen-bond donors (Lipinski definition) is 0. The van der Waals surface area contributed by atoms with Crippen molar-refractivity contribution in [2.24, 2.45) is 11.8 Å². The molecule has 17 heavy (non-hydrogen) atoms. The van der Waals surface area contributed by atoms with Crippen molar-refractivity contribution in [1.82, 2.24) is 0 Å². The van der Waals surface area contributed by atoms with Crippen molar-refractivity contribution in [2.75, 3.05) is 0 Å². The van der Waals surface area contributed by atoms with Gasteiger partial charge in [0.1, 0.15) is 0 Å². The summed E-state index contributed by atoms with van der Waals surface area (Å²) in [5, 5.41) is 0. The Morgan fingerprint density at radius 2 is 2.18 bits per heavy atom. The summed E-state index contributed by atoms with van der Waals surface area (Å²) in [6.07, 6.45) is 12.0. The molecule has 0 heterocycles. The number of allylic oxidation sites excluding steroid dienone is 2. The standard InChI is InChI=1S/C17H20/c1-12-4-6-14-3-2-8-17(16(14)9-12)11-13-5-7-15(17)10-13/h4-7,9,13,15H,2-3,8,10-11H2,1H3. The average Bonchev–Trinajstić information content (AvgIpc) is 2.91. The molecule has 0 nitrogen and oxygen atoms in total. The zero-order chi connectivity index (χ0) is 11.5. The van der Waals surface area contributed by atoms with Crippen LogP contribution in [0.25, 0.3) is 0 Å². The van der Waals surface area contributed by atoms with Gasteiger partial charge >= 0.3 is 0 Å². The summed E-state index contributed by atoms with van der Waals surface area (Å²) < 4.78 is 0. The Kier molecular flexibility index (Phi) is 1.90. The minimum atomic E-state index is 0.527. The van der Waals surface area contributed by atoms with Gasteiger partial charge in [-0.1, -0.05) is 35.9 Å². The Morgan fingerprint density at radius 3 is 2.94 bits per heavy atom. The van der Waals surface area contributed by atoms with Crippen LogP contribution in [0.4, 0.5) is 0 Å². The highest BCUT2D eigenvalue weighted by atomic mass is 14.5. The summed E-state index contributed by atoms with van der Waals surface area (Å²) in [7, 11) is 0. The van der Waals surface area contributed by atoms with Crippen LogP contribution in [0.5, 0.6) is 0 Å². The van der Waals surface area contributed by atoms with Crippen LogP contribution in [-0.4, -0.2) is 0 Å². The topological polar surface area (TPSA) is 0 Å². The first kappa shape index (κ1) is 9.94. The van der Waals surface area contributed by atoms with Crippen molar-refractivity contribution in [3.63, 3.8) is 0 Å². The fourth-order valence-corrected chi connectivity index (χ4v) is 4.65. The zero-order valence-electron chi connectivity index (χ0n) is 10.6. The Labute approximate surface area is 104 Å². The monoisotopic (exact) mass is 224 g/mol. The number of aryl methyl sites for hydroxylation is 2. The van der Waals surface area contributed by atoms with Crippen molar-refractivity contribution in [3.05, 3.63) is 47.0 Å². The van der Waals surface area contributed by atoms with E-state index in [1.807, 2.05) is 0 Å². The van der Waals surface area contributed by atoms with Crippen LogP contribution in [0.2, 0.25) is 0 Å². The van der Waals surface area contributed by atoms with Crippen LogP contribution in [0, 0.1) is 18.8 Å². The van der Waals surface area contributed by atoms with Crippen molar-refractivity contribution >= 4 is 0 Å². The highest BCUT2D eigenvalue weighted by Crippen LogP contribution is 2.58. The molecule has 3 aliphatic carbocycles. The quantitative estimate of drug-likeness (QED) is 0.580. The molecule has 0 saturated heterocycles. The smallest absolute Gasteiger partial charge is 0.00244 e. The lowest BCUT2D eigenvalue weighted by Gasteiger charge is -2.41. The van der Waals surface area contributed by atoms with Gasteiger partial charge < -0.3 is 0 Å². The van der Waals surface area contributed by atoms with Gasteiger partial charge in [-0.2, -0.15) is 0 Å². The van der Waals surface area contributed by atoms with Crippen molar-refractivity contribution < 1.29 is 0 Å². The van der Waals surface area contributed by atoms with E-state index in [0.717, 1.165) is 11.8 Å². The molecule has 88 valence electrons. The first-order chi connectivity index (χ1) is 8.28. The van der Waals surface area contributed by atoms with Crippen LogP contribution in [0.15, 0.2) is 30.4 Å². The van der Waals surface area contributed by atoms with E-state index < -0.39 is 0 Å². The molecule has 1 aromatic rings. The molecular weight excluding hydrogens is 204 g/mol. The van der Waals surface area contributed by atoms with Crippen molar-refractivity contribution in [2.45, 2.75) is 44.4 Å². The number of hydrogen-bond acceptors (Lipinski definition) is 0. The number of benzene rings is 1. The summed E-state index contributed by atoms with van der Waals surface area (Å²) in [5.74, 6) is 1.72. The normalized spacial score (nSPS) is 37.7. The minimum absolute atomic E-state index is 0.527. The lowest BCUT2D eigenvalue weighted by molar-refractivity contribution is 0.303. The molecule has 3 atom stereocenters. The maximum absolute atomic E-state index is 2.52. The largest absolute Gasteiger partial charge is 0.0851 e. The highest BCUT2D eigenvalue weighted by molar-refractivity contribution is 5.43. The van der Waals surface area contributed by atoms with E-state index in [-0.39, 0.29) is 0 Å². The van der Waals surface area contributed by atoms with Gasteiger partial charge in [0.2, 0.25) is 0 Å². The second kappa shape index (κ2) is 3.25. The maximum Gasteiger partial charge on any atom is 0.00244 e. The van der Waals surface area contributed by atoms with Crippen LogP contribution in [-0.2, 0) is 11.8 Å². The first-order valence-corrected chi connectivity index (χ1v) is 7.06. The molecule has 1 spiro atoms. The van der Waals surface area contributed by atoms with Crippen LogP contribution in [0.1, 0.15) is 42.4 Å². The van der Waals surface area contributed by atoms with Gasteiger partial charge in [-0.3, -0.25) is 0 Å². The Hall–Kier alpha value is -1.04. The van der Waals surface area contributed by atoms with E-state index >= 15 is 0 Å². The Morgan fingerprint density at radius 1 is 1.24 bits per heavy atom. The molecule has 1 aromatic carbocycles. The molecule has 0 aliphatic heterocycles. The highest BCUT2D eigenvalue weighted by Gasteiger charge is 2.50. The molecule has 4 rings (SSSR count). The lowest BCUT2D eigenvalue weighted by Crippen LogP contribution is -2.35. The maximum atomic E-state index is 2.52. The third kappa shape index (κ3) is 1.24. The molecule has 0 amide bonds. The molecule has 0 radical (unpaired) electrons. The molecule has 0 N–H and O–H groups in total. The van der Waals surface area contributed by atoms with E-state index in [9.17, 15) is 0 Å². The molecule has 1 fully saturated rings. The zero-order valence-corrected chi connectivity index (χ0v) is 10.6. The van der Waals surface area contributed by atoms with Crippen molar-refractivity contribution in [1.29, 1.82) is 0 Å². The first-order valence-electron chi connectivity index (χ1n) is 7.06. The number of fused-ring (bicyclic) bond motifs is 5. The fraction of sp³-hybridized carbons (Fsp3) is 0.529. The molecule has 3 aliphatic rings. The fourth-order valence-electron chi connectivity index (χ4n) is 4.65. The molecular formula is C17H20. The van der Waals surface area contributed by atoms with Gasteiger partial charge in [-0.15, -0.1) is 0 Å². The second-order valence-electron chi connectivity index (χ2n) is 6.36. The third-order valence-corrected chi connectivity index (χ3v) is 5.38. The minimum Gasteiger partial charge on any atom is -0.0851 e. The molecule has 3 unspecified atom stereocenters. The van der Waals surface area contributed by atoms with Gasteiger partial charge in [0.25, 0.3) is 0 Å². The van der Waals surface area contributed by atoms with E-state index in [1.165, 1.54) is 37.7 Å². The molecule has 0 aromatic heterocycles. The third-order valence-electron chi connectivity index (χ3n) is 5.38. The summed E-state index contributed by atoms with van der Waals surface area (Å²) in [5.41, 5.74) is 5.32. The molecule has 1 saturated carbocycles. The van der Waals surface area contributed by atoms with Crippen molar-refractivity contribution in [3.8, 4) is 0 Å². The predicted molar refractivity (Wildman–Crippen MR) is 71.1 cm³/mol. The van der Waals surface area contributed by atoms with E-state index in [4.69, 9.17) is 0 Å². The van der Waals surface area contributed by atoms with Crippen LogP contribution >= 0.6 is 0 Å². The van der Waals surface area contributed by atoms with E-state index in [0.29, 0.717) is 5.41 Å². The predicted octanol–water partition coefficient (Wildman–Crippen LogP) is 4.17. The molecule has 0 heteroatoms. The van der Waals surface area contributed by atoms with E-state index in [1.54, 1.807) is 11.1 Å². The summed E-state index contributed by atoms with van der Waals surface area (Å²) in [6.45, 7) is 2.24. The lowest BCUT2D eigenvalue weighted by atomic mass is 9.63. The SMILES string of the molecule is Cc1ccc2c(c1)C1(CCC2)CC2C=CC1C2.